The van der Waals surface area contributed by atoms with Crippen molar-refractivity contribution >= 4 is 28.6 Å². The van der Waals surface area contributed by atoms with Crippen molar-refractivity contribution in [1.29, 1.82) is 0 Å². The van der Waals surface area contributed by atoms with Gasteiger partial charge >= 0.3 is 5.97 Å². The molecule has 0 amide bonds. The molecule has 1 saturated carbocycles. The third-order valence-electron chi connectivity index (χ3n) is 6.46. The summed E-state index contributed by atoms with van der Waals surface area (Å²) in [4.78, 5) is 28.5. The highest BCUT2D eigenvalue weighted by atomic mass is 19.1. The lowest BCUT2D eigenvalue weighted by atomic mass is 10.1. The average molecular weight is 448 g/mol. The van der Waals surface area contributed by atoms with Crippen LogP contribution in [0.4, 0.5) is 10.1 Å². The molecule has 7 heteroatoms. The smallest absolute Gasteiger partial charge is 0.341 e. The van der Waals surface area contributed by atoms with Gasteiger partial charge in [0, 0.05) is 50.3 Å². The number of rotatable bonds is 6. The highest BCUT2D eigenvalue weighted by Crippen LogP contribution is 2.38. The van der Waals surface area contributed by atoms with Crippen LogP contribution < -0.4 is 10.3 Å². The van der Waals surface area contributed by atoms with Crippen LogP contribution in [0.1, 0.15) is 34.8 Å². The molecule has 5 rings (SSSR count). The first-order chi connectivity index (χ1) is 16.0. The number of pyridine rings is 1. The standard InChI is InChI=1S/C26H26FN3O3/c27-22-15-20-23(30(19-8-9-19)17-21(25(20)31)26(32)33)16-24(22)29-13-11-28(12-14-29)10-4-7-18-5-2-1-3-6-18/h1-7,15-17,19H,8-14H2,(H,32,33)/b7-4+. The van der Waals surface area contributed by atoms with E-state index in [0.29, 0.717) is 24.3 Å². The molecular weight excluding hydrogens is 421 g/mol. The second-order valence-corrected chi connectivity index (χ2v) is 8.74. The largest absolute Gasteiger partial charge is 0.477 e. The van der Waals surface area contributed by atoms with Crippen molar-refractivity contribution in [2.24, 2.45) is 0 Å². The summed E-state index contributed by atoms with van der Waals surface area (Å²) in [6.45, 7) is 3.82. The molecule has 6 nitrogen and oxygen atoms in total. The fraction of sp³-hybridized carbons (Fsp3) is 0.308. The average Bonchev–Trinajstić information content (AvgIpc) is 3.66. The Labute approximate surface area is 191 Å². The Bertz CT molecular complexity index is 1270. The number of hydrogen-bond donors (Lipinski definition) is 1. The second-order valence-electron chi connectivity index (χ2n) is 8.74. The summed E-state index contributed by atoms with van der Waals surface area (Å²) in [6.07, 6.45) is 7.54. The third-order valence-corrected chi connectivity index (χ3v) is 6.46. The summed E-state index contributed by atoms with van der Waals surface area (Å²) in [5.41, 5.74) is 1.31. The Morgan fingerprint density at radius 3 is 2.48 bits per heavy atom. The van der Waals surface area contributed by atoms with Gasteiger partial charge < -0.3 is 14.6 Å². The minimum atomic E-state index is -1.28. The molecule has 1 N–H and O–H groups in total. The van der Waals surface area contributed by atoms with E-state index in [2.05, 4.69) is 29.2 Å². The fourth-order valence-electron chi connectivity index (χ4n) is 4.48. The van der Waals surface area contributed by atoms with E-state index in [1.54, 1.807) is 6.07 Å². The maximum Gasteiger partial charge on any atom is 0.341 e. The van der Waals surface area contributed by atoms with E-state index in [-0.39, 0.29) is 17.0 Å². The van der Waals surface area contributed by atoms with Crippen molar-refractivity contribution in [1.82, 2.24) is 9.47 Å². The van der Waals surface area contributed by atoms with E-state index in [4.69, 9.17) is 0 Å². The summed E-state index contributed by atoms with van der Waals surface area (Å²) >= 11 is 0. The lowest BCUT2D eigenvalue weighted by molar-refractivity contribution is 0.0695. The summed E-state index contributed by atoms with van der Waals surface area (Å²) in [7, 11) is 0. The van der Waals surface area contributed by atoms with Crippen LogP contribution in [0.5, 0.6) is 0 Å². The molecule has 1 aromatic heterocycles. The van der Waals surface area contributed by atoms with Gasteiger partial charge in [-0.3, -0.25) is 9.69 Å². The molecule has 0 bridgehead atoms. The highest BCUT2D eigenvalue weighted by Gasteiger charge is 2.28. The van der Waals surface area contributed by atoms with Crippen LogP contribution in [-0.4, -0.2) is 53.3 Å². The molecule has 170 valence electrons. The highest BCUT2D eigenvalue weighted by molar-refractivity contribution is 5.93. The first-order valence-electron chi connectivity index (χ1n) is 11.3. The number of carbonyl (C=O) groups is 1. The zero-order valence-electron chi connectivity index (χ0n) is 18.3. The van der Waals surface area contributed by atoms with Crippen LogP contribution in [0, 0.1) is 5.82 Å². The van der Waals surface area contributed by atoms with E-state index in [0.717, 1.165) is 32.5 Å². The zero-order valence-corrected chi connectivity index (χ0v) is 18.3. The SMILES string of the molecule is O=C(O)c1cn(C2CC2)c2cc(N3CCN(C/C=C/c4ccccc4)CC3)c(F)cc2c1=O. The maximum absolute atomic E-state index is 15.1. The molecule has 0 atom stereocenters. The molecule has 2 aliphatic rings. The van der Waals surface area contributed by atoms with Crippen LogP contribution in [0.15, 0.2) is 59.5 Å². The summed E-state index contributed by atoms with van der Waals surface area (Å²) in [5, 5.41) is 9.54. The van der Waals surface area contributed by atoms with Crippen LogP contribution >= 0.6 is 0 Å². The normalized spacial score (nSPS) is 17.2. The minimum absolute atomic E-state index is 0.132. The Morgan fingerprint density at radius 2 is 1.82 bits per heavy atom. The van der Waals surface area contributed by atoms with Crippen LogP contribution in [-0.2, 0) is 0 Å². The maximum atomic E-state index is 15.1. The summed E-state index contributed by atoms with van der Waals surface area (Å²) < 4.78 is 16.9. The first kappa shape index (κ1) is 21.4. The van der Waals surface area contributed by atoms with Gasteiger partial charge in [-0.2, -0.15) is 0 Å². The number of carboxylic acids is 1. The Kier molecular flexibility index (Phi) is 5.72. The van der Waals surface area contributed by atoms with E-state index < -0.39 is 17.2 Å². The van der Waals surface area contributed by atoms with E-state index in [1.165, 1.54) is 17.8 Å². The summed E-state index contributed by atoms with van der Waals surface area (Å²) in [5.74, 6) is -1.76. The van der Waals surface area contributed by atoms with Gasteiger partial charge in [-0.05, 0) is 30.5 Å². The summed E-state index contributed by atoms with van der Waals surface area (Å²) in [6, 6.07) is 13.3. The van der Waals surface area contributed by atoms with Gasteiger partial charge in [-0.1, -0.05) is 42.5 Å². The number of fused-ring (bicyclic) bond motifs is 1. The van der Waals surface area contributed by atoms with Crippen LogP contribution in [0.3, 0.4) is 0 Å². The number of anilines is 1. The monoisotopic (exact) mass is 447 g/mol. The van der Waals surface area contributed by atoms with Crippen molar-refractivity contribution in [3.63, 3.8) is 0 Å². The molecule has 0 spiro atoms. The number of halogens is 1. The van der Waals surface area contributed by atoms with Gasteiger partial charge in [0.1, 0.15) is 11.4 Å². The molecule has 1 saturated heterocycles. The van der Waals surface area contributed by atoms with Crippen molar-refractivity contribution in [2.45, 2.75) is 18.9 Å². The van der Waals surface area contributed by atoms with Crippen molar-refractivity contribution in [2.75, 3.05) is 37.6 Å². The van der Waals surface area contributed by atoms with Gasteiger partial charge in [-0.15, -0.1) is 0 Å². The number of hydrogen-bond acceptors (Lipinski definition) is 4. The van der Waals surface area contributed by atoms with Gasteiger partial charge in [0.25, 0.3) is 0 Å². The minimum Gasteiger partial charge on any atom is -0.477 e. The molecule has 1 aliphatic heterocycles. The fourth-order valence-corrected chi connectivity index (χ4v) is 4.48. The van der Waals surface area contributed by atoms with Gasteiger partial charge in [0.15, 0.2) is 0 Å². The predicted octanol–water partition coefficient (Wildman–Crippen LogP) is 4.01. The molecule has 33 heavy (non-hydrogen) atoms. The predicted molar refractivity (Wildman–Crippen MR) is 128 cm³/mol. The number of aromatic carboxylic acids is 1. The van der Waals surface area contributed by atoms with Gasteiger partial charge in [0.05, 0.1) is 11.2 Å². The molecule has 2 heterocycles. The number of aromatic nitrogens is 1. The number of carboxylic acid groups (broad SMARTS) is 1. The zero-order chi connectivity index (χ0) is 22.9. The molecular formula is C26H26FN3O3. The van der Waals surface area contributed by atoms with Crippen LogP contribution in [0.2, 0.25) is 0 Å². The number of piperazine rings is 1. The van der Waals surface area contributed by atoms with E-state index in [1.807, 2.05) is 27.7 Å². The van der Waals surface area contributed by atoms with Crippen LogP contribution in [0.25, 0.3) is 17.0 Å². The van der Waals surface area contributed by atoms with E-state index in [9.17, 15) is 14.7 Å². The van der Waals surface area contributed by atoms with Crippen molar-refractivity contribution < 1.29 is 14.3 Å². The topological polar surface area (TPSA) is 65.8 Å². The molecule has 1 aliphatic carbocycles. The molecule has 0 unspecified atom stereocenters. The number of benzene rings is 2. The number of nitrogens with zero attached hydrogens (tertiary/aromatic N) is 3. The first-order valence-corrected chi connectivity index (χ1v) is 11.3. The quantitative estimate of drug-likeness (QED) is 0.619. The lowest BCUT2D eigenvalue weighted by Crippen LogP contribution is -2.46. The Hall–Kier alpha value is -3.45. The van der Waals surface area contributed by atoms with Crippen molar-refractivity contribution in [3.8, 4) is 0 Å². The molecule has 2 fully saturated rings. The Balaban J connectivity index is 1.35. The van der Waals surface area contributed by atoms with E-state index >= 15 is 4.39 Å². The Morgan fingerprint density at radius 1 is 1.09 bits per heavy atom. The van der Waals surface area contributed by atoms with Gasteiger partial charge in [-0.25, -0.2) is 9.18 Å². The third kappa shape index (κ3) is 4.41. The molecule has 0 radical (unpaired) electrons. The molecule has 2 aromatic carbocycles. The second kappa shape index (κ2) is 8.83. The molecule has 3 aromatic rings. The lowest BCUT2D eigenvalue weighted by Gasteiger charge is -2.36. The van der Waals surface area contributed by atoms with Gasteiger partial charge in [0.2, 0.25) is 5.43 Å². The van der Waals surface area contributed by atoms with Crippen molar-refractivity contribution in [3.05, 3.63) is 81.9 Å².